The number of sulfonamides is 1. The van der Waals surface area contributed by atoms with Gasteiger partial charge in [0.1, 0.15) is 0 Å². The molecule has 146 valence electrons. The maximum absolute atomic E-state index is 12.5. The third-order valence-corrected chi connectivity index (χ3v) is 5.63. The van der Waals surface area contributed by atoms with E-state index in [-0.39, 0.29) is 17.0 Å². The van der Waals surface area contributed by atoms with Gasteiger partial charge in [0.25, 0.3) is 0 Å². The zero-order valence-corrected chi connectivity index (χ0v) is 15.8. The molecule has 0 fully saturated rings. The van der Waals surface area contributed by atoms with E-state index >= 15 is 0 Å². The van der Waals surface area contributed by atoms with Gasteiger partial charge in [-0.25, -0.2) is 22.9 Å². The maximum Gasteiger partial charge on any atom is 0.417 e. The second kappa shape index (κ2) is 7.13. The Balaban J connectivity index is 1.48. The van der Waals surface area contributed by atoms with Crippen LogP contribution in [-0.4, -0.2) is 35.9 Å². The number of aromatic amines is 1. The molecular formula is C18H18N4O5S. The van der Waals surface area contributed by atoms with Gasteiger partial charge in [-0.1, -0.05) is 0 Å². The fourth-order valence-electron chi connectivity index (χ4n) is 2.92. The van der Waals surface area contributed by atoms with E-state index in [1.54, 1.807) is 0 Å². The first kappa shape index (κ1) is 18.3. The summed E-state index contributed by atoms with van der Waals surface area (Å²) in [5.41, 5.74) is 2.06. The highest BCUT2D eigenvalue weighted by Gasteiger charge is 2.16. The van der Waals surface area contributed by atoms with Gasteiger partial charge in [0.2, 0.25) is 10.0 Å². The van der Waals surface area contributed by atoms with Gasteiger partial charge >= 0.3 is 5.76 Å². The van der Waals surface area contributed by atoms with E-state index in [1.807, 2.05) is 35.9 Å². The standard InChI is InChI=1S/C18H18N4O5S/c1-2-26-15-4-3-9-22-11-12(20-17(15)22)7-8-19-28(24,25)13-5-6-14-16(10-13)27-18(23)21-14/h3-6,9-11,19H,2,7-8H2,1H3,(H,21,23). The van der Waals surface area contributed by atoms with Crippen molar-refractivity contribution in [2.75, 3.05) is 13.2 Å². The van der Waals surface area contributed by atoms with Crippen LogP contribution in [0.3, 0.4) is 0 Å². The second-order valence-corrected chi connectivity index (χ2v) is 7.86. The fraction of sp³-hybridized carbons (Fsp3) is 0.222. The number of hydrogen-bond donors (Lipinski definition) is 2. The van der Waals surface area contributed by atoms with Crippen LogP contribution < -0.4 is 15.2 Å². The molecule has 0 radical (unpaired) electrons. The van der Waals surface area contributed by atoms with Crippen molar-refractivity contribution in [3.05, 3.63) is 59.0 Å². The van der Waals surface area contributed by atoms with Crippen molar-refractivity contribution in [2.24, 2.45) is 0 Å². The Hall–Kier alpha value is -3.11. The summed E-state index contributed by atoms with van der Waals surface area (Å²) < 4.78 is 39.9. The molecule has 2 N–H and O–H groups in total. The Bertz CT molecular complexity index is 1300. The molecule has 0 saturated carbocycles. The second-order valence-electron chi connectivity index (χ2n) is 6.09. The topological polar surface area (TPSA) is 119 Å². The normalized spacial score (nSPS) is 12.0. The molecule has 0 spiro atoms. The Morgan fingerprint density at radius 3 is 3.00 bits per heavy atom. The molecule has 1 aromatic carbocycles. The third-order valence-electron chi connectivity index (χ3n) is 4.17. The molecule has 0 aliphatic heterocycles. The number of ether oxygens (including phenoxy) is 1. The minimum Gasteiger partial charge on any atom is -0.490 e. The lowest BCUT2D eigenvalue weighted by Gasteiger charge is -2.05. The van der Waals surface area contributed by atoms with Crippen molar-refractivity contribution in [1.29, 1.82) is 0 Å². The van der Waals surface area contributed by atoms with Crippen LogP contribution in [0, 0.1) is 0 Å². The predicted octanol–water partition coefficient (Wildman–Crippen LogP) is 1.69. The summed E-state index contributed by atoms with van der Waals surface area (Å²) >= 11 is 0. The van der Waals surface area contributed by atoms with Gasteiger partial charge in [0, 0.05) is 31.4 Å². The van der Waals surface area contributed by atoms with Crippen LogP contribution in [0.15, 0.2) is 56.8 Å². The maximum atomic E-state index is 12.5. The largest absolute Gasteiger partial charge is 0.490 e. The van der Waals surface area contributed by atoms with Gasteiger partial charge in [-0.2, -0.15) is 0 Å². The van der Waals surface area contributed by atoms with E-state index in [0.29, 0.717) is 29.9 Å². The molecule has 0 saturated heterocycles. The van der Waals surface area contributed by atoms with E-state index in [1.165, 1.54) is 18.2 Å². The number of rotatable bonds is 7. The SMILES string of the molecule is CCOc1cccn2cc(CCNS(=O)(=O)c3ccc4[nH]c(=O)oc4c3)nc12. The predicted molar refractivity (Wildman–Crippen MR) is 102 cm³/mol. The quantitative estimate of drug-likeness (QED) is 0.486. The third kappa shape index (κ3) is 3.51. The van der Waals surface area contributed by atoms with Crippen LogP contribution in [-0.2, 0) is 16.4 Å². The first-order valence-corrected chi connectivity index (χ1v) is 10.2. The van der Waals surface area contributed by atoms with Crippen LogP contribution in [0.25, 0.3) is 16.7 Å². The van der Waals surface area contributed by atoms with Gasteiger partial charge in [0.05, 0.1) is 22.7 Å². The average molecular weight is 402 g/mol. The highest BCUT2D eigenvalue weighted by Crippen LogP contribution is 2.19. The van der Waals surface area contributed by atoms with Gasteiger partial charge in [-0.15, -0.1) is 0 Å². The summed E-state index contributed by atoms with van der Waals surface area (Å²) in [5, 5.41) is 0. The van der Waals surface area contributed by atoms with E-state index in [2.05, 4.69) is 14.7 Å². The minimum absolute atomic E-state index is 0.0244. The van der Waals surface area contributed by atoms with Crippen LogP contribution in [0.5, 0.6) is 5.75 Å². The van der Waals surface area contributed by atoms with Crippen molar-refractivity contribution < 1.29 is 17.6 Å². The molecule has 0 atom stereocenters. The average Bonchev–Trinajstić information content (AvgIpc) is 3.23. The van der Waals surface area contributed by atoms with Crippen molar-refractivity contribution in [1.82, 2.24) is 19.1 Å². The smallest absolute Gasteiger partial charge is 0.417 e. The molecule has 10 heteroatoms. The molecular weight excluding hydrogens is 384 g/mol. The molecule has 0 bridgehead atoms. The summed E-state index contributed by atoms with van der Waals surface area (Å²) in [5.74, 6) is 0.0499. The molecule has 3 aromatic heterocycles. The van der Waals surface area contributed by atoms with Crippen molar-refractivity contribution in [3.63, 3.8) is 0 Å². The van der Waals surface area contributed by atoms with E-state index in [4.69, 9.17) is 9.15 Å². The molecule has 28 heavy (non-hydrogen) atoms. The summed E-state index contributed by atoms with van der Waals surface area (Å²) in [7, 11) is -3.74. The number of nitrogens with one attached hydrogen (secondary N) is 2. The first-order valence-electron chi connectivity index (χ1n) is 8.68. The van der Waals surface area contributed by atoms with Crippen molar-refractivity contribution in [2.45, 2.75) is 18.2 Å². The number of imidazole rings is 1. The summed E-state index contributed by atoms with van der Waals surface area (Å²) in [6.45, 7) is 2.61. The van der Waals surface area contributed by atoms with Crippen LogP contribution in [0.4, 0.5) is 0 Å². The molecule has 3 heterocycles. The Labute approximate surface area is 160 Å². The fourth-order valence-corrected chi connectivity index (χ4v) is 3.96. The molecule has 4 aromatic rings. The summed E-state index contributed by atoms with van der Waals surface area (Å²) in [6, 6.07) is 7.92. The summed E-state index contributed by atoms with van der Waals surface area (Å²) in [4.78, 5) is 18.2. The van der Waals surface area contributed by atoms with Crippen LogP contribution >= 0.6 is 0 Å². The van der Waals surface area contributed by atoms with Crippen molar-refractivity contribution >= 4 is 26.8 Å². The Morgan fingerprint density at radius 2 is 2.18 bits per heavy atom. The molecule has 9 nitrogen and oxygen atoms in total. The number of oxazole rings is 1. The number of hydrogen-bond acceptors (Lipinski definition) is 6. The number of benzene rings is 1. The van der Waals surface area contributed by atoms with Gasteiger partial charge in [0.15, 0.2) is 17.0 Å². The number of nitrogens with zero attached hydrogens (tertiary/aromatic N) is 2. The summed E-state index contributed by atoms with van der Waals surface area (Å²) in [6.07, 6.45) is 4.11. The first-order chi connectivity index (χ1) is 13.5. The number of pyridine rings is 1. The number of H-pyrrole nitrogens is 1. The zero-order valence-electron chi connectivity index (χ0n) is 15.0. The monoisotopic (exact) mass is 402 g/mol. The Morgan fingerprint density at radius 1 is 1.32 bits per heavy atom. The van der Waals surface area contributed by atoms with Crippen molar-refractivity contribution in [3.8, 4) is 5.75 Å². The number of aromatic nitrogens is 3. The molecule has 0 aliphatic carbocycles. The lowest BCUT2D eigenvalue weighted by Crippen LogP contribution is -2.26. The zero-order chi connectivity index (χ0) is 19.7. The van der Waals surface area contributed by atoms with Gasteiger partial charge in [-0.05, 0) is 31.2 Å². The molecule has 0 amide bonds. The van der Waals surface area contributed by atoms with E-state index in [0.717, 1.165) is 5.69 Å². The van der Waals surface area contributed by atoms with Crippen LogP contribution in [0.1, 0.15) is 12.6 Å². The van der Waals surface area contributed by atoms with Gasteiger partial charge < -0.3 is 13.6 Å². The lowest BCUT2D eigenvalue weighted by molar-refractivity contribution is 0.342. The molecule has 0 aliphatic rings. The minimum atomic E-state index is -3.74. The van der Waals surface area contributed by atoms with Crippen LogP contribution in [0.2, 0.25) is 0 Å². The molecule has 0 unspecified atom stereocenters. The van der Waals surface area contributed by atoms with E-state index < -0.39 is 15.8 Å². The lowest BCUT2D eigenvalue weighted by atomic mass is 10.3. The Kier molecular flexibility index (Phi) is 4.65. The van der Waals surface area contributed by atoms with Gasteiger partial charge in [-0.3, -0.25) is 4.98 Å². The van der Waals surface area contributed by atoms with E-state index in [9.17, 15) is 13.2 Å². The highest BCUT2D eigenvalue weighted by molar-refractivity contribution is 7.89. The molecule has 4 rings (SSSR count). The highest BCUT2D eigenvalue weighted by atomic mass is 32.2. The number of fused-ring (bicyclic) bond motifs is 2.